The lowest BCUT2D eigenvalue weighted by molar-refractivity contribution is 0.292. The number of nitrogens with two attached hydrogens (primary N) is 1. The van der Waals surface area contributed by atoms with E-state index in [1.807, 2.05) is 11.3 Å². The maximum absolute atomic E-state index is 5.68. The highest BCUT2D eigenvalue weighted by Crippen LogP contribution is 2.28. The fourth-order valence-electron chi connectivity index (χ4n) is 2.87. The van der Waals surface area contributed by atoms with Crippen molar-refractivity contribution in [2.24, 2.45) is 11.8 Å². The molecule has 1 aliphatic rings. The molecule has 3 N–H and O–H groups in total. The van der Waals surface area contributed by atoms with Gasteiger partial charge in [-0.3, -0.25) is 11.3 Å². The fourth-order valence-corrected chi connectivity index (χ4v) is 3.59. The van der Waals surface area contributed by atoms with Gasteiger partial charge in [0.25, 0.3) is 0 Å². The minimum atomic E-state index is 0.500. The molecule has 1 saturated carbocycles. The molecule has 1 atom stereocenters. The smallest absolute Gasteiger partial charge is 0.0216 e. The Morgan fingerprint density at radius 1 is 1.35 bits per heavy atom. The van der Waals surface area contributed by atoms with Gasteiger partial charge in [-0.25, -0.2) is 0 Å². The van der Waals surface area contributed by atoms with E-state index < -0.39 is 0 Å². The van der Waals surface area contributed by atoms with Gasteiger partial charge in [0, 0.05) is 10.9 Å². The van der Waals surface area contributed by atoms with Gasteiger partial charge in [-0.15, -0.1) is 11.3 Å². The van der Waals surface area contributed by atoms with Gasteiger partial charge < -0.3 is 0 Å². The van der Waals surface area contributed by atoms with Crippen LogP contribution in [0.1, 0.15) is 49.8 Å². The summed E-state index contributed by atoms with van der Waals surface area (Å²) >= 11 is 1.85. The Morgan fingerprint density at radius 3 is 2.82 bits per heavy atom. The Kier molecular flexibility index (Phi) is 5.49. The lowest BCUT2D eigenvalue weighted by Crippen LogP contribution is -2.37. The summed E-state index contributed by atoms with van der Waals surface area (Å²) in [4.78, 5) is 1.48. The van der Waals surface area contributed by atoms with E-state index in [2.05, 4.69) is 22.9 Å². The largest absolute Gasteiger partial charge is 0.271 e. The first-order valence-electron chi connectivity index (χ1n) is 6.87. The van der Waals surface area contributed by atoms with Gasteiger partial charge >= 0.3 is 0 Å². The van der Waals surface area contributed by atoms with E-state index in [1.165, 1.54) is 56.2 Å². The fraction of sp³-hybridized carbons (Fsp3) is 0.714. The van der Waals surface area contributed by atoms with Gasteiger partial charge in [0.15, 0.2) is 0 Å². The molecule has 0 amide bonds. The minimum absolute atomic E-state index is 0.500. The molecule has 0 aliphatic heterocycles. The average Bonchev–Trinajstić information content (AvgIpc) is 2.89. The molecule has 0 saturated heterocycles. The molecule has 1 aliphatic carbocycles. The van der Waals surface area contributed by atoms with Gasteiger partial charge in [0.1, 0.15) is 0 Å². The van der Waals surface area contributed by atoms with Crippen molar-refractivity contribution in [1.82, 2.24) is 5.43 Å². The molecule has 2 nitrogen and oxygen atoms in total. The van der Waals surface area contributed by atoms with Crippen molar-refractivity contribution in [3.05, 3.63) is 22.4 Å². The first kappa shape index (κ1) is 13.1. The number of rotatable bonds is 6. The molecule has 17 heavy (non-hydrogen) atoms. The van der Waals surface area contributed by atoms with Crippen molar-refractivity contribution in [3.8, 4) is 0 Å². The number of hydrogen-bond donors (Lipinski definition) is 2. The number of nitrogens with one attached hydrogen (secondary N) is 1. The van der Waals surface area contributed by atoms with Crippen molar-refractivity contribution in [3.63, 3.8) is 0 Å². The second-order valence-corrected chi connectivity index (χ2v) is 6.25. The van der Waals surface area contributed by atoms with Crippen LogP contribution in [0, 0.1) is 5.92 Å². The average molecular weight is 252 g/mol. The zero-order valence-corrected chi connectivity index (χ0v) is 11.3. The van der Waals surface area contributed by atoms with Crippen LogP contribution in [-0.4, -0.2) is 6.04 Å². The Labute approximate surface area is 109 Å². The normalized spacial score (nSPS) is 19.4. The highest BCUT2D eigenvalue weighted by molar-refractivity contribution is 7.09. The van der Waals surface area contributed by atoms with Crippen LogP contribution >= 0.6 is 11.3 Å². The third kappa shape index (κ3) is 4.41. The van der Waals surface area contributed by atoms with Crippen LogP contribution in [0.3, 0.4) is 0 Å². The molecule has 0 aromatic carbocycles. The second kappa shape index (κ2) is 7.14. The van der Waals surface area contributed by atoms with Crippen LogP contribution in [0.25, 0.3) is 0 Å². The second-order valence-electron chi connectivity index (χ2n) is 5.22. The van der Waals surface area contributed by atoms with E-state index in [9.17, 15) is 0 Å². The van der Waals surface area contributed by atoms with Gasteiger partial charge in [0.05, 0.1) is 0 Å². The summed E-state index contributed by atoms with van der Waals surface area (Å²) in [5, 5.41) is 2.15. The van der Waals surface area contributed by atoms with E-state index in [0.717, 1.165) is 5.92 Å². The Bertz CT molecular complexity index is 291. The number of hydrazine groups is 1. The van der Waals surface area contributed by atoms with E-state index >= 15 is 0 Å². The maximum atomic E-state index is 5.68. The summed E-state index contributed by atoms with van der Waals surface area (Å²) in [5.41, 5.74) is 3.02. The highest BCUT2D eigenvalue weighted by atomic mass is 32.1. The molecular weight excluding hydrogens is 228 g/mol. The van der Waals surface area contributed by atoms with Crippen molar-refractivity contribution >= 4 is 11.3 Å². The molecule has 1 heterocycles. The molecule has 1 aromatic rings. The monoisotopic (exact) mass is 252 g/mol. The van der Waals surface area contributed by atoms with E-state index in [0.29, 0.717) is 6.04 Å². The molecule has 0 spiro atoms. The van der Waals surface area contributed by atoms with Gasteiger partial charge in [-0.1, -0.05) is 38.2 Å². The zero-order chi connectivity index (χ0) is 11.9. The summed E-state index contributed by atoms with van der Waals surface area (Å²) in [6.07, 6.45) is 10.7. The SMILES string of the molecule is NNC(CCc1cccs1)CC1CCCCC1. The molecular formula is C14H24N2S. The molecule has 3 heteroatoms. The van der Waals surface area contributed by atoms with E-state index in [-0.39, 0.29) is 0 Å². The topological polar surface area (TPSA) is 38.0 Å². The van der Waals surface area contributed by atoms with Crippen molar-refractivity contribution < 1.29 is 0 Å². The van der Waals surface area contributed by atoms with Crippen molar-refractivity contribution in [1.29, 1.82) is 0 Å². The molecule has 1 fully saturated rings. The first-order chi connectivity index (χ1) is 8.38. The molecule has 2 rings (SSSR count). The zero-order valence-electron chi connectivity index (χ0n) is 10.5. The summed E-state index contributed by atoms with van der Waals surface area (Å²) in [6.45, 7) is 0. The third-order valence-corrected chi connectivity index (χ3v) is 4.83. The van der Waals surface area contributed by atoms with Crippen LogP contribution in [0.4, 0.5) is 0 Å². The molecule has 1 unspecified atom stereocenters. The highest BCUT2D eigenvalue weighted by Gasteiger charge is 2.18. The van der Waals surface area contributed by atoms with Crippen LogP contribution in [0.15, 0.2) is 17.5 Å². The lowest BCUT2D eigenvalue weighted by atomic mass is 9.84. The molecule has 0 radical (unpaired) electrons. The van der Waals surface area contributed by atoms with Crippen LogP contribution in [0.2, 0.25) is 0 Å². The maximum Gasteiger partial charge on any atom is 0.0216 e. The summed E-state index contributed by atoms with van der Waals surface area (Å²) < 4.78 is 0. The molecule has 96 valence electrons. The Morgan fingerprint density at radius 2 is 2.18 bits per heavy atom. The number of aryl methyl sites for hydroxylation is 1. The predicted molar refractivity (Wildman–Crippen MR) is 74.9 cm³/mol. The summed E-state index contributed by atoms with van der Waals surface area (Å²) in [5.74, 6) is 6.59. The quantitative estimate of drug-likeness (QED) is 0.601. The van der Waals surface area contributed by atoms with E-state index in [1.54, 1.807) is 0 Å². The Balaban J connectivity index is 1.72. The van der Waals surface area contributed by atoms with Gasteiger partial charge in [-0.2, -0.15) is 0 Å². The summed E-state index contributed by atoms with van der Waals surface area (Å²) in [7, 11) is 0. The van der Waals surface area contributed by atoms with Crippen molar-refractivity contribution in [2.75, 3.05) is 0 Å². The van der Waals surface area contributed by atoms with Crippen molar-refractivity contribution in [2.45, 2.75) is 57.4 Å². The number of hydrogen-bond acceptors (Lipinski definition) is 3. The first-order valence-corrected chi connectivity index (χ1v) is 7.75. The molecule has 1 aromatic heterocycles. The molecule has 0 bridgehead atoms. The lowest BCUT2D eigenvalue weighted by Gasteiger charge is -2.26. The number of thiophene rings is 1. The minimum Gasteiger partial charge on any atom is -0.271 e. The van der Waals surface area contributed by atoms with E-state index in [4.69, 9.17) is 5.84 Å². The van der Waals surface area contributed by atoms with Crippen LogP contribution in [-0.2, 0) is 6.42 Å². The van der Waals surface area contributed by atoms with Crippen LogP contribution < -0.4 is 11.3 Å². The predicted octanol–water partition coefficient (Wildman–Crippen LogP) is 3.48. The standard InChI is InChI=1S/C14H24N2S/c15-16-13(8-9-14-7-4-10-17-14)11-12-5-2-1-3-6-12/h4,7,10,12-13,16H,1-3,5-6,8-9,11,15H2. The third-order valence-electron chi connectivity index (χ3n) is 3.90. The van der Waals surface area contributed by atoms with Crippen LogP contribution in [0.5, 0.6) is 0 Å². The Hall–Kier alpha value is -0.380. The van der Waals surface area contributed by atoms with Gasteiger partial charge in [-0.05, 0) is 36.6 Å². The van der Waals surface area contributed by atoms with Gasteiger partial charge in [0.2, 0.25) is 0 Å². The summed E-state index contributed by atoms with van der Waals surface area (Å²) in [6, 6.07) is 4.85.